The van der Waals surface area contributed by atoms with E-state index >= 15 is 0 Å². The Morgan fingerprint density at radius 2 is 2.00 bits per heavy atom. The molecule has 21 heavy (non-hydrogen) atoms. The van der Waals surface area contributed by atoms with Gasteiger partial charge in [-0.25, -0.2) is 9.97 Å². The van der Waals surface area contributed by atoms with Crippen molar-refractivity contribution in [3.05, 3.63) is 42.0 Å². The van der Waals surface area contributed by atoms with Gasteiger partial charge in [0.1, 0.15) is 18.2 Å². The highest BCUT2D eigenvalue weighted by Gasteiger charge is 2.10. The summed E-state index contributed by atoms with van der Waals surface area (Å²) in [5, 5.41) is 3.07. The lowest BCUT2D eigenvalue weighted by Crippen LogP contribution is -2.24. The van der Waals surface area contributed by atoms with Gasteiger partial charge in [0.25, 0.3) is 0 Å². The Balaban J connectivity index is 2.26. The predicted octanol–water partition coefficient (Wildman–Crippen LogP) is 2.09. The molecule has 0 spiro atoms. The van der Waals surface area contributed by atoms with Gasteiger partial charge in [-0.2, -0.15) is 0 Å². The van der Waals surface area contributed by atoms with Crippen molar-refractivity contribution in [1.82, 2.24) is 15.0 Å². The Labute approximate surface area is 125 Å². The molecule has 6 nitrogen and oxygen atoms in total. The highest BCUT2D eigenvalue weighted by atomic mass is 16.5. The van der Waals surface area contributed by atoms with E-state index in [0.717, 1.165) is 24.7 Å². The molecule has 0 saturated heterocycles. The molecule has 2 aromatic rings. The Bertz CT molecular complexity index is 561. The standard InChI is InChI=1S/C15H21N5O/c1-4-20(10-12-5-7-17-8-6-12)15-9-13(16-2)18-14(19-15)11-21-3/h5-9H,4,10-11H2,1-3H3,(H,16,18,19). The second-order valence-corrected chi connectivity index (χ2v) is 4.58. The van der Waals surface area contributed by atoms with Crippen LogP contribution in [0.25, 0.3) is 0 Å². The number of aromatic nitrogens is 3. The van der Waals surface area contributed by atoms with Crippen LogP contribution in [0.15, 0.2) is 30.6 Å². The molecule has 0 saturated carbocycles. The zero-order chi connectivity index (χ0) is 15.1. The first-order valence-electron chi connectivity index (χ1n) is 6.95. The number of hydrogen-bond acceptors (Lipinski definition) is 6. The summed E-state index contributed by atoms with van der Waals surface area (Å²) in [5.41, 5.74) is 1.20. The molecule has 2 heterocycles. The smallest absolute Gasteiger partial charge is 0.158 e. The summed E-state index contributed by atoms with van der Waals surface area (Å²) in [6.45, 7) is 4.15. The Morgan fingerprint density at radius 1 is 1.24 bits per heavy atom. The normalized spacial score (nSPS) is 10.4. The molecular formula is C15H21N5O. The Morgan fingerprint density at radius 3 is 2.62 bits per heavy atom. The van der Waals surface area contributed by atoms with E-state index in [-0.39, 0.29) is 0 Å². The van der Waals surface area contributed by atoms with Crippen LogP contribution < -0.4 is 10.2 Å². The summed E-state index contributed by atoms with van der Waals surface area (Å²) >= 11 is 0. The summed E-state index contributed by atoms with van der Waals surface area (Å²) in [5.74, 6) is 2.36. The molecular weight excluding hydrogens is 266 g/mol. The van der Waals surface area contributed by atoms with Crippen molar-refractivity contribution in [3.63, 3.8) is 0 Å². The molecule has 0 unspecified atom stereocenters. The average molecular weight is 287 g/mol. The summed E-state index contributed by atoms with van der Waals surface area (Å²) in [7, 11) is 3.49. The minimum atomic E-state index is 0.398. The Kier molecular flexibility index (Phi) is 5.45. The lowest BCUT2D eigenvalue weighted by Gasteiger charge is -2.23. The van der Waals surface area contributed by atoms with E-state index in [1.54, 1.807) is 19.5 Å². The van der Waals surface area contributed by atoms with Gasteiger partial charge in [0, 0.05) is 45.7 Å². The number of pyridine rings is 1. The highest BCUT2D eigenvalue weighted by molar-refractivity contribution is 5.49. The van der Waals surface area contributed by atoms with Gasteiger partial charge in [0.15, 0.2) is 5.82 Å². The molecule has 0 bridgehead atoms. The monoisotopic (exact) mass is 287 g/mol. The van der Waals surface area contributed by atoms with E-state index in [0.29, 0.717) is 12.4 Å². The van der Waals surface area contributed by atoms with Crippen LogP contribution in [-0.2, 0) is 17.9 Å². The van der Waals surface area contributed by atoms with E-state index < -0.39 is 0 Å². The topological polar surface area (TPSA) is 63.2 Å². The van der Waals surface area contributed by atoms with Crippen LogP contribution in [0.1, 0.15) is 18.3 Å². The quantitative estimate of drug-likeness (QED) is 0.841. The number of nitrogens with one attached hydrogen (secondary N) is 1. The minimum Gasteiger partial charge on any atom is -0.377 e. The van der Waals surface area contributed by atoms with Gasteiger partial charge in [-0.15, -0.1) is 0 Å². The molecule has 2 aromatic heterocycles. The molecule has 2 rings (SSSR count). The van der Waals surface area contributed by atoms with E-state index in [9.17, 15) is 0 Å². The first kappa shape index (κ1) is 15.2. The van der Waals surface area contributed by atoms with Gasteiger partial charge in [-0.1, -0.05) is 0 Å². The van der Waals surface area contributed by atoms with E-state index in [4.69, 9.17) is 4.74 Å². The first-order valence-corrected chi connectivity index (χ1v) is 6.95. The predicted molar refractivity (Wildman–Crippen MR) is 83.3 cm³/mol. The second kappa shape index (κ2) is 7.54. The van der Waals surface area contributed by atoms with Crippen LogP contribution >= 0.6 is 0 Å². The molecule has 0 fully saturated rings. The zero-order valence-corrected chi connectivity index (χ0v) is 12.7. The fourth-order valence-electron chi connectivity index (χ4n) is 2.03. The van der Waals surface area contributed by atoms with Gasteiger partial charge in [-0.05, 0) is 24.6 Å². The average Bonchev–Trinajstić information content (AvgIpc) is 2.53. The first-order chi connectivity index (χ1) is 10.3. The molecule has 0 aliphatic rings. The van der Waals surface area contributed by atoms with Gasteiger partial charge in [0.2, 0.25) is 0 Å². The van der Waals surface area contributed by atoms with Crippen LogP contribution in [0.2, 0.25) is 0 Å². The third-order valence-electron chi connectivity index (χ3n) is 3.12. The third kappa shape index (κ3) is 4.13. The number of ether oxygens (including phenoxy) is 1. The maximum atomic E-state index is 5.13. The summed E-state index contributed by atoms with van der Waals surface area (Å²) in [6, 6.07) is 5.97. The van der Waals surface area contributed by atoms with Crippen LogP contribution in [-0.4, -0.2) is 35.7 Å². The number of methoxy groups -OCH3 is 1. The van der Waals surface area contributed by atoms with Gasteiger partial charge < -0.3 is 15.0 Å². The fraction of sp³-hybridized carbons (Fsp3) is 0.400. The number of anilines is 2. The Hall–Kier alpha value is -2.21. The van der Waals surface area contributed by atoms with E-state index in [1.165, 1.54) is 5.56 Å². The molecule has 0 aliphatic carbocycles. The molecule has 1 N–H and O–H groups in total. The van der Waals surface area contributed by atoms with Crippen molar-refractivity contribution in [2.75, 3.05) is 30.9 Å². The summed E-state index contributed by atoms with van der Waals surface area (Å²) in [4.78, 5) is 15.2. The lowest BCUT2D eigenvalue weighted by molar-refractivity contribution is 0.178. The SMILES string of the molecule is CCN(Cc1ccncc1)c1cc(NC)nc(COC)n1. The molecule has 0 aliphatic heterocycles. The van der Waals surface area contributed by atoms with Crippen LogP contribution in [0, 0.1) is 0 Å². The van der Waals surface area contributed by atoms with Crippen molar-refractivity contribution >= 4 is 11.6 Å². The van der Waals surface area contributed by atoms with E-state index in [1.807, 2.05) is 25.2 Å². The highest BCUT2D eigenvalue weighted by Crippen LogP contribution is 2.18. The number of hydrogen-bond donors (Lipinski definition) is 1. The van der Waals surface area contributed by atoms with Crippen LogP contribution in [0.3, 0.4) is 0 Å². The molecule has 112 valence electrons. The van der Waals surface area contributed by atoms with Gasteiger partial charge in [0.05, 0.1) is 0 Å². The molecule has 0 aromatic carbocycles. The van der Waals surface area contributed by atoms with Crippen molar-refractivity contribution in [1.29, 1.82) is 0 Å². The van der Waals surface area contributed by atoms with Crippen molar-refractivity contribution < 1.29 is 4.74 Å². The van der Waals surface area contributed by atoms with Crippen molar-refractivity contribution in [3.8, 4) is 0 Å². The largest absolute Gasteiger partial charge is 0.377 e. The van der Waals surface area contributed by atoms with E-state index in [2.05, 4.69) is 32.1 Å². The molecule has 0 amide bonds. The molecule has 6 heteroatoms. The lowest BCUT2D eigenvalue weighted by atomic mass is 10.2. The van der Waals surface area contributed by atoms with Gasteiger partial charge >= 0.3 is 0 Å². The minimum absolute atomic E-state index is 0.398. The molecule has 0 radical (unpaired) electrons. The maximum Gasteiger partial charge on any atom is 0.158 e. The number of rotatable bonds is 7. The summed E-state index contributed by atoms with van der Waals surface area (Å²) < 4.78 is 5.13. The summed E-state index contributed by atoms with van der Waals surface area (Å²) in [6.07, 6.45) is 3.61. The molecule has 0 atom stereocenters. The van der Waals surface area contributed by atoms with Crippen LogP contribution in [0.4, 0.5) is 11.6 Å². The number of nitrogens with zero attached hydrogens (tertiary/aromatic N) is 4. The van der Waals surface area contributed by atoms with Crippen molar-refractivity contribution in [2.24, 2.45) is 0 Å². The van der Waals surface area contributed by atoms with Crippen LogP contribution in [0.5, 0.6) is 0 Å². The third-order valence-corrected chi connectivity index (χ3v) is 3.12. The fourth-order valence-corrected chi connectivity index (χ4v) is 2.03. The van der Waals surface area contributed by atoms with Gasteiger partial charge in [-0.3, -0.25) is 4.98 Å². The second-order valence-electron chi connectivity index (χ2n) is 4.58. The maximum absolute atomic E-state index is 5.13. The zero-order valence-electron chi connectivity index (χ0n) is 12.7. The van der Waals surface area contributed by atoms with Crippen molar-refractivity contribution in [2.45, 2.75) is 20.1 Å².